The monoisotopic (exact) mass is 416 g/mol. The molecule has 8 heteroatoms. The van der Waals surface area contributed by atoms with Crippen LogP contribution in [0.15, 0.2) is 84.1 Å². The minimum Gasteiger partial charge on any atom is -0.342 e. The van der Waals surface area contributed by atoms with E-state index in [0.717, 1.165) is 16.5 Å². The van der Waals surface area contributed by atoms with Gasteiger partial charge in [0, 0.05) is 45.9 Å². The number of hydrogen-bond donors (Lipinski definition) is 1. The molecule has 0 saturated carbocycles. The van der Waals surface area contributed by atoms with Crippen LogP contribution in [0.2, 0.25) is 0 Å². The van der Waals surface area contributed by atoms with Crippen LogP contribution in [0.4, 0.5) is 10.1 Å². The zero-order chi connectivity index (χ0) is 21.8. The third kappa shape index (κ3) is 4.32. The number of rotatable bonds is 6. The van der Waals surface area contributed by atoms with Crippen molar-refractivity contribution < 1.29 is 14.1 Å². The molecule has 0 atom stereocenters. The Morgan fingerprint density at radius 2 is 1.77 bits per heavy atom. The van der Waals surface area contributed by atoms with E-state index in [4.69, 9.17) is 0 Å². The normalized spacial score (nSPS) is 11.1. The van der Waals surface area contributed by atoms with Gasteiger partial charge in [-0.3, -0.25) is 14.9 Å². The largest absolute Gasteiger partial charge is 0.342 e. The lowest BCUT2D eigenvalue weighted by molar-refractivity contribution is -0.384. The topological polar surface area (TPSA) is 89.5 Å². The van der Waals surface area contributed by atoms with E-state index in [2.05, 4.69) is 10.5 Å². The van der Waals surface area contributed by atoms with Crippen LogP contribution in [-0.2, 0) is 6.54 Å². The van der Waals surface area contributed by atoms with Crippen LogP contribution in [0, 0.1) is 15.9 Å². The quantitative estimate of drug-likeness (QED) is 0.285. The molecule has 1 heterocycles. The van der Waals surface area contributed by atoms with Gasteiger partial charge in [-0.25, -0.2) is 9.82 Å². The molecule has 0 aliphatic rings. The number of aromatic nitrogens is 1. The Balaban J connectivity index is 1.54. The minimum atomic E-state index is -0.531. The molecule has 1 aromatic heterocycles. The molecule has 0 unspecified atom stereocenters. The van der Waals surface area contributed by atoms with Gasteiger partial charge >= 0.3 is 0 Å². The predicted octanol–water partition coefficient (Wildman–Crippen LogP) is 4.50. The van der Waals surface area contributed by atoms with Crippen LogP contribution in [0.3, 0.4) is 0 Å². The number of halogens is 1. The first-order valence-electron chi connectivity index (χ1n) is 9.42. The summed E-state index contributed by atoms with van der Waals surface area (Å²) in [5.41, 5.74) is 4.82. The first-order chi connectivity index (χ1) is 15.0. The van der Waals surface area contributed by atoms with E-state index < -0.39 is 10.8 Å². The molecule has 0 bridgehead atoms. The number of benzene rings is 3. The number of nitro benzene ring substituents is 1. The van der Waals surface area contributed by atoms with Gasteiger partial charge in [-0.2, -0.15) is 5.10 Å². The van der Waals surface area contributed by atoms with Crippen LogP contribution in [0.5, 0.6) is 0 Å². The summed E-state index contributed by atoms with van der Waals surface area (Å²) in [5.74, 6) is -0.757. The third-order valence-electron chi connectivity index (χ3n) is 4.83. The van der Waals surface area contributed by atoms with Gasteiger partial charge in [0.25, 0.3) is 11.6 Å². The summed E-state index contributed by atoms with van der Waals surface area (Å²) in [5, 5.41) is 15.6. The Hall–Kier alpha value is -4.33. The van der Waals surface area contributed by atoms with Gasteiger partial charge in [0.05, 0.1) is 17.7 Å². The molecule has 31 heavy (non-hydrogen) atoms. The molecule has 0 radical (unpaired) electrons. The number of fused-ring (bicyclic) bond motifs is 1. The highest BCUT2D eigenvalue weighted by atomic mass is 19.1. The number of nitro groups is 1. The van der Waals surface area contributed by atoms with Crippen LogP contribution in [0.25, 0.3) is 10.9 Å². The highest BCUT2D eigenvalue weighted by Gasteiger charge is 2.11. The maximum absolute atomic E-state index is 14.1. The van der Waals surface area contributed by atoms with E-state index in [-0.39, 0.29) is 17.1 Å². The highest BCUT2D eigenvalue weighted by molar-refractivity contribution is 6.00. The van der Waals surface area contributed by atoms with E-state index in [1.54, 1.807) is 18.2 Å². The number of nitrogens with one attached hydrogen (secondary N) is 1. The number of carbonyl (C=O) groups is 1. The smallest absolute Gasteiger partial charge is 0.271 e. The lowest BCUT2D eigenvalue weighted by atomic mass is 10.2. The van der Waals surface area contributed by atoms with E-state index in [9.17, 15) is 19.3 Å². The zero-order valence-electron chi connectivity index (χ0n) is 16.2. The van der Waals surface area contributed by atoms with Crippen LogP contribution in [0.1, 0.15) is 21.5 Å². The van der Waals surface area contributed by atoms with E-state index >= 15 is 0 Å². The molecule has 3 aromatic carbocycles. The lowest BCUT2D eigenvalue weighted by Crippen LogP contribution is -2.17. The van der Waals surface area contributed by atoms with Gasteiger partial charge in [-0.05, 0) is 24.3 Å². The number of para-hydroxylation sites is 1. The van der Waals surface area contributed by atoms with Crippen molar-refractivity contribution >= 4 is 28.7 Å². The van der Waals surface area contributed by atoms with Gasteiger partial charge in [0.15, 0.2) is 0 Å². The summed E-state index contributed by atoms with van der Waals surface area (Å²) in [4.78, 5) is 22.4. The molecule has 1 N–H and O–H groups in total. The van der Waals surface area contributed by atoms with Crippen molar-refractivity contribution in [1.29, 1.82) is 0 Å². The maximum Gasteiger partial charge on any atom is 0.271 e. The molecule has 4 aromatic rings. The summed E-state index contributed by atoms with van der Waals surface area (Å²) in [6.07, 6.45) is 3.36. The summed E-state index contributed by atoms with van der Waals surface area (Å²) in [7, 11) is 0. The molecule has 1 amide bonds. The van der Waals surface area contributed by atoms with E-state index in [0.29, 0.717) is 12.1 Å². The fraction of sp³-hybridized carbons (Fsp3) is 0.0435. The summed E-state index contributed by atoms with van der Waals surface area (Å²) in [6.45, 7) is 0.357. The molecule has 154 valence electrons. The Kier molecular flexibility index (Phi) is 5.53. The predicted molar refractivity (Wildman–Crippen MR) is 116 cm³/mol. The molecule has 0 saturated heterocycles. The van der Waals surface area contributed by atoms with Crippen molar-refractivity contribution in [3.63, 3.8) is 0 Å². The van der Waals surface area contributed by atoms with Crippen LogP contribution < -0.4 is 5.43 Å². The highest BCUT2D eigenvalue weighted by Crippen LogP contribution is 2.22. The number of non-ortho nitro benzene ring substituents is 1. The van der Waals surface area contributed by atoms with Crippen molar-refractivity contribution in [2.24, 2.45) is 5.10 Å². The second-order valence-electron chi connectivity index (χ2n) is 6.82. The summed E-state index contributed by atoms with van der Waals surface area (Å²) < 4.78 is 16.0. The standard InChI is InChI=1S/C23H17FN4O3/c24-21-7-3-1-5-17(21)14-27-15-18(20-6-2-4-8-22(20)27)13-25-26-23(29)16-9-11-19(12-10-16)28(30)31/h1-13,15H,14H2,(H,26,29)/b25-13-. The molecule has 7 nitrogen and oxygen atoms in total. The number of hydrazone groups is 1. The number of carbonyl (C=O) groups excluding carboxylic acids is 1. The second-order valence-corrected chi connectivity index (χ2v) is 6.82. The fourth-order valence-electron chi connectivity index (χ4n) is 3.28. The third-order valence-corrected chi connectivity index (χ3v) is 4.83. The van der Waals surface area contributed by atoms with Crippen LogP contribution in [-0.4, -0.2) is 21.6 Å². The molecular formula is C23H17FN4O3. The Morgan fingerprint density at radius 3 is 2.52 bits per heavy atom. The van der Waals surface area contributed by atoms with Gasteiger partial charge in [-0.1, -0.05) is 36.4 Å². The first kappa shape index (κ1) is 20.0. The zero-order valence-corrected chi connectivity index (χ0v) is 16.2. The minimum absolute atomic E-state index is 0.0947. The van der Waals surface area contributed by atoms with Gasteiger partial charge in [0.2, 0.25) is 0 Å². The van der Waals surface area contributed by atoms with Crippen molar-refractivity contribution in [2.75, 3.05) is 0 Å². The van der Waals surface area contributed by atoms with E-state index in [1.807, 2.05) is 35.0 Å². The molecule has 0 fully saturated rings. The average molecular weight is 416 g/mol. The van der Waals surface area contributed by atoms with Gasteiger partial charge in [0.1, 0.15) is 5.82 Å². The van der Waals surface area contributed by atoms with Crippen molar-refractivity contribution in [2.45, 2.75) is 6.54 Å². The van der Waals surface area contributed by atoms with Crippen LogP contribution >= 0.6 is 0 Å². The number of amides is 1. The van der Waals surface area contributed by atoms with Gasteiger partial charge < -0.3 is 4.57 Å². The van der Waals surface area contributed by atoms with Crippen molar-refractivity contribution in [3.8, 4) is 0 Å². The average Bonchev–Trinajstić information content (AvgIpc) is 3.13. The Morgan fingerprint density at radius 1 is 1.06 bits per heavy atom. The fourth-order valence-corrected chi connectivity index (χ4v) is 3.28. The Bertz CT molecular complexity index is 1300. The molecule has 0 spiro atoms. The summed E-state index contributed by atoms with van der Waals surface area (Å²) >= 11 is 0. The van der Waals surface area contributed by atoms with Gasteiger partial charge in [-0.15, -0.1) is 0 Å². The lowest BCUT2D eigenvalue weighted by Gasteiger charge is -2.06. The number of hydrogen-bond acceptors (Lipinski definition) is 4. The van der Waals surface area contributed by atoms with E-state index in [1.165, 1.54) is 36.5 Å². The number of nitrogens with zero attached hydrogens (tertiary/aromatic N) is 3. The molecule has 0 aliphatic heterocycles. The first-order valence-corrected chi connectivity index (χ1v) is 9.42. The maximum atomic E-state index is 14.1. The van der Waals surface area contributed by atoms with Crippen molar-refractivity contribution in [1.82, 2.24) is 9.99 Å². The molecule has 0 aliphatic carbocycles. The second kappa shape index (κ2) is 8.58. The van der Waals surface area contributed by atoms with Crippen molar-refractivity contribution in [3.05, 3.63) is 112 Å². The Labute approximate surface area is 176 Å². The molecule has 4 rings (SSSR count). The SMILES string of the molecule is O=C(N/N=C\c1cn(Cc2ccccc2F)c2ccccc12)c1ccc([N+](=O)[O-])cc1. The summed E-state index contributed by atoms with van der Waals surface area (Å²) in [6, 6.07) is 19.5. The molecular weight excluding hydrogens is 399 g/mol.